The van der Waals surface area contributed by atoms with Crippen molar-refractivity contribution in [2.45, 2.75) is 26.2 Å². The first-order valence-corrected chi connectivity index (χ1v) is 21.3. The average molecular weight is 953 g/mol. The predicted octanol–water partition coefficient (Wildman–Crippen LogP) is 12.4. The minimum atomic E-state index is -1.30. The van der Waals surface area contributed by atoms with E-state index in [9.17, 15) is 0 Å². The van der Waals surface area contributed by atoms with Crippen LogP contribution < -0.4 is 20.7 Å². The van der Waals surface area contributed by atoms with Crippen LogP contribution in [0.1, 0.15) is 26.3 Å². The Balaban J connectivity index is 0.00000422. The number of aromatic nitrogens is 2. The molecular formula is C51H38N2OPPtS+. The maximum atomic E-state index is 6.68. The van der Waals surface area contributed by atoms with Gasteiger partial charge in [-0.05, 0) is 71.0 Å². The number of pyridine rings is 1. The normalized spacial score (nSPS) is 11.8. The molecule has 0 fully saturated rings. The molecule has 0 unspecified atom stereocenters. The van der Waals surface area contributed by atoms with E-state index in [2.05, 4.69) is 189 Å². The molecule has 0 aliphatic rings. The minimum Gasteiger partial charge on any atom is -0.503 e. The number of nitrogens with zero attached hydrogens (tertiary/aromatic N) is 2. The molecule has 57 heavy (non-hydrogen) atoms. The topological polar surface area (TPSA) is 27.1 Å². The fourth-order valence-electron chi connectivity index (χ4n) is 7.90. The zero-order valence-electron chi connectivity index (χ0n) is 31.7. The minimum absolute atomic E-state index is 0. The molecule has 0 spiro atoms. The second-order valence-electron chi connectivity index (χ2n) is 15.2. The molecule has 3 nitrogen and oxygen atoms in total. The number of hydrogen-bond acceptors (Lipinski definition) is 3. The molecule has 0 saturated carbocycles. The van der Waals surface area contributed by atoms with E-state index in [1.165, 1.54) is 47.0 Å². The Kier molecular flexibility index (Phi) is 9.91. The fraction of sp³-hybridized carbons (Fsp3) is 0.0784. The molecule has 3 heterocycles. The molecule has 0 atom stereocenters. The van der Waals surface area contributed by atoms with Gasteiger partial charge < -0.3 is 9.30 Å². The molecule has 0 saturated heterocycles. The third kappa shape index (κ3) is 6.81. The molecule has 10 rings (SSSR count). The van der Waals surface area contributed by atoms with E-state index in [-0.39, 0.29) is 26.5 Å². The van der Waals surface area contributed by atoms with E-state index in [0.29, 0.717) is 11.5 Å². The molecule has 0 aliphatic heterocycles. The predicted molar refractivity (Wildman–Crippen MR) is 240 cm³/mol. The molecule has 0 N–H and O–H groups in total. The van der Waals surface area contributed by atoms with Gasteiger partial charge in [-0.25, -0.2) is 4.98 Å². The number of rotatable bonds is 7. The second kappa shape index (κ2) is 15.2. The van der Waals surface area contributed by atoms with Gasteiger partial charge in [-0.2, -0.15) is 6.07 Å². The molecule has 7 aromatic carbocycles. The van der Waals surface area contributed by atoms with Crippen LogP contribution in [0.5, 0.6) is 11.5 Å². The number of benzene rings is 7. The second-order valence-corrected chi connectivity index (χ2v) is 18.7. The Labute approximate surface area is 352 Å². The van der Waals surface area contributed by atoms with Gasteiger partial charge in [0.05, 0.1) is 13.2 Å². The molecule has 0 bridgehead atoms. The van der Waals surface area contributed by atoms with Crippen molar-refractivity contribution in [3.8, 4) is 28.4 Å². The standard InChI is InChI=1S/C51H37N2OPS.Pt/c1-51(2,3)35-29-30-52-48(32-35)53-44-28-27-42-41-22-11-13-24-47(41)56-50(42)49(44)43-26-25-37(33-45(43)53)54-36-16-14-15-34(31-36)40-21-10-12-23-46(40)55(38-17-6-4-7-18-38)39-19-8-5-9-20-39;/h4-30,32H,1-3H3;/q-2;+2/p+1. The molecule has 0 amide bonds. The molecule has 10 aromatic rings. The van der Waals surface area contributed by atoms with E-state index in [4.69, 9.17) is 9.72 Å². The monoisotopic (exact) mass is 952 g/mol. The van der Waals surface area contributed by atoms with E-state index < -0.39 is 7.92 Å². The van der Waals surface area contributed by atoms with E-state index in [1.54, 1.807) is 0 Å². The van der Waals surface area contributed by atoms with Gasteiger partial charge in [0.2, 0.25) is 0 Å². The van der Waals surface area contributed by atoms with Crippen LogP contribution in [0.3, 0.4) is 0 Å². The molecule has 6 heteroatoms. The summed E-state index contributed by atoms with van der Waals surface area (Å²) in [5.41, 5.74) is 5.39. The smallest absolute Gasteiger partial charge is 0.503 e. The Morgan fingerprint density at radius 3 is 2.09 bits per heavy atom. The maximum absolute atomic E-state index is 6.68. The Morgan fingerprint density at radius 1 is 0.632 bits per heavy atom. The van der Waals surface area contributed by atoms with Crippen LogP contribution in [-0.2, 0) is 26.5 Å². The third-order valence-corrected chi connectivity index (χ3v) is 14.6. The number of fused-ring (bicyclic) bond motifs is 7. The maximum Gasteiger partial charge on any atom is 2.00 e. The van der Waals surface area contributed by atoms with Crippen molar-refractivity contribution in [1.29, 1.82) is 0 Å². The Hall–Kier alpha value is -5.37. The van der Waals surface area contributed by atoms with Gasteiger partial charge in [0, 0.05) is 43.4 Å². The van der Waals surface area contributed by atoms with Crippen molar-refractivity contribution in [2.75, 3.05) is 0 Å². The van der Waals surface area contributed by atoms with E-state index in [1.807, 2.05) is 29.7 Å². The quantitative estimate of drug-likeness (QED) is 0.118. The van der Waals surface area contributed by atoms with Crippen molar-refractivity contribution in [2.24, 2.45) is 0 Å². The summed E-state index contributed by atoms with van der Waals surface area (Å²) in [7, 11) is -1.30. The summed E-state index contributed by atoms with van der Waals surface area (Å²) in [6, 6.07) is 65.8. The van der Waals surface area contributed by atoms with Gasteiger partial charge in [-0.1, -0.05) is 117 Å². The largest absolute Gasteiger partial charge is 2.00 e. The molecular weight excluding hydrogens is 915 g/mol. The van der Waals surface area contributed by atoms with Gasteiger partial charge in [-0.3, -0.25) is 0 Å². The Bertz CT molecular complexity index is 3020. The van der Waals surface area contributed by atoms with Crippen molar-refractivity contribution < 1.29 is 25.8 Å². The van der Waals surface area contributed by atoms with E-state index >= 15 is 0 Å². The van der Waals surface area contributed by atoms with Gasteiger partial charge in [0.25, 0.3) is 0 Å². The first-order chi connectivity index (χ1) is 27.4. The van der Waals surface area contributed by atoms with Crippen molar-refractivity contribution in [1.82, 2.24) is 9.55 Å². The van der Waals surface area contributed by atoms with Crippen LogP contribution in [0.25, 0.3) is 58.9 Å². The molecule has 0 aliphatic carbocycles. The summed E-state index contributed by atoms with van der Waals surface area (Å²) in [5, 5.41) is 8.89. The fourth-order valence-corrected chi connectivity index (χ4v) is 11.9. The van der Waals surface area contributed by atoms with Crippen LogP contribution >= 0.6 is 19.3 Å². The van der Waals surface area contributed by atoms with Crippen molar-refractivity contribution >= 4 is 77.2 Å². The zero-order chi connectivity index (χ0) is 37.8. The van der Waals surface area contributed by atoms with Crippen LogP contribution in [-0.4, -0.2) is 9.55 Å². The van der Waals surface area contributed by atoms with Gasteiger partial charge in [0.15, 0.2) is 0 Å². The SMILES string of the molecule is CC(C)(C)c1ccnc(-n2c3[c-]c(Oc4[c-]c(-c5ccccc5[PH+](c5ccccc5)c5ccccc5)ccc4)ccc3c3c4sc5ccccc5c4ccc32)c1.[Pt+2]. The zero-order valence-corrected chi connectivity index (χ0v) is 35.8. The summed E-state index contributed by atoms with van der Waals surface area (Å²) >= 11 is 1.85. The third-order valence-electron chi connectivity index (χ3n) is 10.6. The average Bonchev–Trinajstić information content (AvgIpc) is 3.77. The number of ether oxygens (including phenoxy) is 1. The van der Waals surface area contributed by atoms with Crippen LogP contribution in [0.2, 0.25) is 0 Å². The molecule has 0 radical (unpaired) electrons. The number of thiophene rings is 1. The molecule has 278 valence electrons. The summed E-state index contributed by atoms with van der Waals surface area (Å²) in [6.45, 7) is 6.72. The first-order valence-electron chi connectivity index (χ1n) is 19.0. The summed E-state index contributed by atoms with van der Waals surface area (Å²) in [6.07, 6.45) is 1.92. The van der Waals surface area contributed by atoms with Gasteiger partial charge in [0.1, 0.15) is 16.4 Å². The summed E-state index contributed by atoms with van der Waals surface area (Å²) in [4.78, 5) is 4.95. The van der Waals surface area contributed by atoms with Crippen molar-refractivity contribution in [3.05, 3.63) is 188 Å². The van der Waals surface area contributed by atoms with Gasteiger partial charge >= 0.3 is 21.1 Å². The van der Waals surface area contributed by atoms with Crippen LogP contribution in [0, 0.1) is 12.1 Å². The van der Waals surface area contributed by atoms with Gasteiger partial charge in [-0.15, -0.1) is 52.6 Å². The van der Waals surface area contributed by atoms with Crippen LogP contribution in [0.15, 0.2) is 170 Å². The summed E-state index contributed by atoms with van der Waals surface area (Å²) in [5.74, 6) is 2.13. The van der Waals surface area contributed by atoms with Crippen molar-refractivity contribution in [3.63, 3.8) is 0 Å². The Morgan fingerprint density at radius 2 is 1.32 bits per heavy atom. The molecule has 3 aromatic heterocycles. The van der Waals surface area contributed by atoms with E-state index in [0.717, 1.165) is 33.4 Å². The number of hydrogen-bond donors (Lipinski definition) is 0. The summed E-state index contributed by atoms with van der Waals surface area (Å²) < 4.78 is 11.5. The van der Waals surface area contributed by atoms with Crippen LogP contribution in [0.4, 0.5) is 0 Å². The first kappa shape index (κ1) is 37.2.